The number of Topliss-reactive ketones (excluding diaryl/α,β-unsaturated/α-hetero) is 1. The van der Waals surface area contributed by atoms with Crippen molar-refractivity contribution >= 4 is 39.3 Å². The monoisotopic (exact) mass is 496 g/mol. The molecule has 178 valence electrons. The molecule has 0 spiro atoms. The van der Waals surface area contributed by atoms with Crippen LogP contribution in [0.4, 0.5) is 0 Å². The minimum absolute atomic E-state index is 0.0201. The number of nitrogens with zero attached hydrogens (tertiary/aromatic N) is 1. The number of ketones is 1. The van der Waals surface area contributed by atoms with Crippen LogP contribution in [0.2, 0.25) is 5.02 Å². The third-order valence-electron chi connectivity index (χ3n) is 5.44. The van der Waals surface area contributed by atoms with Crippen LogP contribution in [0.3, 0.4) is 0 Å². The lowest BCUT2D eigenvalue weighted by atomic mass is 10.1. The first-order chi connectivity index (χ1) is 15.6. The summed E-state index contributed by atoms with van der Waals surface area (Å²) in [4.78, 5) is 40.3. The van der Waals surface area contributed by atoms with E-state index in [4.69, 9.17) is 21.1 Å². The Morgan fingerprint density at radius 1 is 1.15 bits per heavy atom. The van der Waals surface area contributed by atoms with Crippen LogP contribution in [-0.2, 0) is 24.3 Å². The largest absolute Gasteiger partial charge is 0.462 e. The van der Waals surface area contributed by atoms with Crippen LogP contribution in [0.25, 0.3) is 0 Å². The number of sulfonamides is 1. The highest BCUT2D eigenvalue weighted by Crippen LogP contribution is 2.28. The first-order valence-corrected chi connectivity index (χ1v) is 12.2. The maximum absolute atomic E-state index is 13.0. The van der Waals surface area contributed by atoms with Crippen LogP contribution < -0.4 is 0 Å². The fourth-order valence-electron chi connectivity index (χ4n) is 3.85. The lowest BCUT2D eigenvalue weighted by Crippen LogP contribution is -2.41. The number of aromatic nitrogens is 1. The lowest BCUT2D eigenvalue weighted by molar-refractivity contribution is -0.146. The number of esters is 2. The van der Waals surface area contributed by atoms with Crippen molar-refractivity contribution < 1.29 is 32.3 Å². The van der Waals surface area contributed by atoms with Crippen molar-refractivity contribution in [3.63, 3.8) is 0 Å². The van der Waals surface area contributed by atoms with E-state index in [1.807, 2.05) is 0 Å². The van der Waals surface area contributed by atoms with Gasteiger partial charge in [0.2, 0.25) is 15.8 Å². The number of H-pyrrole nitrogens is 1. The molecule has 0 unspecified atom stereocenters. The van der Waals surface area contributed by atoms with Gasteiger partial charge in [0.05, 0.1) is 22.8 Å². The Bertz CT molecular complexity index is 1170. The molecule has 11 heteroatoms. The number of aryl methyl sites for hydroxylation is 1. The molecule has 1 aliphatic heterocycles. The van der Waals surface area contributed by atoms with E-state index >= 15 is 0 Å². The standard InChI is InChI=1S/C22H25ClN2O7S/c1-4-31-22(28)19-13(2)20(24-14(19)3)18(26)12-32-21(27)17-6-5-11-25(17)33(29,30)16-9-7-15(23)8-10-16/h7-10,17,24H,4-6,11-12H2,1-3H3/t17-/m1/s1. The van der Waals surface area contributed by atoms with Gasteiger partial charge in [-0.25, -0.2) is 13.2 Å². The van der Waals surface area contributed by atoms with Gasteiger partial charge >= 0.3 is 11.9 Å². The minimum atomic E-state index is -3.93. The summed E-state index contributed by atoms with van der Waals surface area (Å²) in [5.74, 6) is -1.89. The van der Waals surface area contributed by atoms with Crippen LogP contribution in [0, 0.1) is 13.8 Å². The Kier molecular flexibility index (Phi) is 7.61. The van der Waals surface area contributed by atoms with Gasteiger partial charge in [-0.2, -0.15) is 4.31 Å². The number of benzene rings is 1. The van der Waals surface area contributed by atoms with Crippen molar-refractivity contribution in [1.82, 2.24) is 9.29 Å². The molecule has 1 aliphatic rings. The molecule has 2 heterocycles. The maximum atomic E-state index is 13.0. The molecule has 2 aromatic rings. The predicted molar refractivity (Wildman–Crippen MR) is 120 cm³/mol. The number of halogens is 1. The van der Waals surface area contributed by atoms with Gasteiger partial charge in [0.1, 0.15) is 6.04 Å². The topological polar surface area (TPSA) is 123 Å². The van der Waals surface area contributed by atoms with E-state index in [0.29, 0.717) is 22.7 Å². The van der Waals surface area contributed by atoms with Crippen molar-refractivity contribution in [3.05, 3.63) is 51.8 Å². The number of ether oxygens (including phenoxy) is 2. The van der Waals surface area contributed by atoms with Crippen LogP contribution in [-0.4, -0.2) is 61.2 Å². The molecule has 1 fully saturated rings. The molecule has 33 heavy (non-hydrogen) atoms. The molecule has 1 aromatic heterocycles. The van der Waals surface area contributed by atoms with Crippen LogP contribution in [0.15, 0.2) is 29.2 Å². The van der Waals surface area contributed by atoms with E-state index < -0.39 is 40.4 Å². The number of hydrogen-bond donors (Lipinski definition) is 1. The van der Waals surface area contributed by atoms with Crippen LogP contribution >= 0.6 is 11.6 Å². The smallest absolute Gasteiger partial charge is 0.340 e. The second-order valence-corrected chi connectivity index (χ2v) is 9.93. The van der Waals surface area contributed by atoms with Gasteiger partial charge in [-0.3, -0.25) is 9.59 Å². The average molecular weight is 497 g/mol. The summed E-state index contributed by atoms with van der Waals surface area (Å²) in [5.41, 5.74) is 1.28. The van der Waals surface area contributed by atoms with Crippen LogP contribution in [0.5, 0.6) is 0 Å². The zero-order valence-corrected chi connectivity index (χ0v) is 20.1. The summed E-state index contributed by atoms with van der Waals surface area (Å²) < 4.78 is 37.2. The second kappa shape index (κ2) is 10.1. The molecular formula is C22H25ClN2O7S. The molecule has 1 saturated heterocycles. The Morgan fingerprint density at radius 3 is 2.45 bits per heavy atom. The zero-order chi connectivity index (χ0) is 24.3. The van der Waals surface area contributed by atoms with Crippen molar-refractivity contribution in [2.75, 3.05) is 19.8 Å². The van der Waals surface area contributed by atoms with Gasteiger partial charge in [-0.1, -0.05) is 11.6 Å². The van der Waals surface area contributed by atoms with Gasteiger partial charge in [-0.15, -0.1) is 0 Å². The van der Waals surface area contributed by atoms with Gasteiger partial charge in [0.25, 0.3) is 0 Å². The first kappa shape index (κ1) is 24.9. The number of carbonyl (C=O) groups excluding carboxylic acids is 3. The highest BCUT2D eigenvalue weighted by atomic mass is 35.5. The highest BCUT2D eigenvalue weighted by Gasteiger charge is 2.40. The minimum Gasteiger partial charge on any atom is -0.462 e. The molecule has 0 aliphatic carbocycles. The number of nitrogens with one attached hydrogen (secondary N) is 1. The molecule has 0 amide bonds. The predicted octanol–water partition coefficient (Wildman–Crippen LogP) is 3.04. The average Bonchev–Trinajstić information content (AvgIpc) is 3.37. The Balaban J connectivity index is 1.70. The Labute approximate surface area is 197 Å². The van der Waals surface area contributed by atoms with E-state index in [9.17, 15) is 22.8 Å². The van der Waals surface area contributed by atoms with E-state index in [0.717, 1.165) is 4.31 Å². The molecule has 1 atom stereocenters. The quantitative estimate of drug-likeness (QED) is 0.440. The third-order valence-corrected chi connectivity index (χ3v) is 7.61. The summed E-state index contributed by atoms with van der Waals surface area (Å²) in [6, 6.07) is 4.64. The first-order valence-electron chi connectivity index (χ1n) is 10.4. The molecular weight excluding hydrogens is 472 g/mol. The van der Waals surface area contributed by atoms with Crippen molar-refractivity contribution in [3.8, 4) is 0 Å². The molecule has 1 aromatic carbocycles. The number of aromatic amines is 1. The summed E-state index contributed by atoms with van der Waals surface area (Å²) in [7, 11) is -3.93. The van der Waals surface area contributed by atoms with E-state index in [2.05, 4.69) is 4.98 Å². The summed E-state index contributed by atoms with van der Waals surface area (Å²) >= 11 is 5.83. The van der Waals surface area contributed by atoms with Crippen molar-refractivity contribution in [1.29, 1.82) is 0 Å². The Hall–Kier alpha value is -2.69. The normalized spacial score (nSPS) is 16.5. The van der Waals surface area contributed by atoms with Crippen molar-refractivity contribution in [2.24, 2.45) is 0 Å². The number of carbonyl (C=O) groups is 3. The van der Waals surface area contributed by atoms with Gasteiger partial charge < -0.3 is 14.5 Å². The van der Waals surface area contributed by atoms with E-state index in [-0.39, 0.29) is 35.7 Å². The number of rotatable bonds is 8. The SMILES string of the molecule is CCOC(=O)c1c(C)[nH]c(C(=O)COC(=O)[C@H]2CCCN2S(=O)(=O)c2ccc(Cl)cc2)c1C. The fourth-order valence-corrected chi connectivity index (χ4v) is 5.62. The lowest BCUT2D eigenvalue weighted by Gasteiger charge is -2.22. The van der Waals surface area contributed by atoms with Gasteiger partial charge in [0, 0.05) is 17.3 Å². The van der Waals surface area contributed by atoms with Crippen LogP contribution in [0.1, 0.15) is 51.9 Å². The highest BCUT2D eigenvalue weighted by molar-refractivity contribution is 7.89. The molecule has 0 radical (unpaired) electrons. The number of hydrogen-bond acceptors (Lipinski definition) is 7. The summed E-state index contributed by atoms with van der Waals surface area (Å²) in [6.07, 6.45) is 0.770. The molecule has 0 saturated carbocycles. The van der Waals surface area contributed by atoms with Gasteiger partial charge in [0.15, 0.2) is 6.61 Å². The van der Waals surface area contributed by atoms with Crippen molar-refractivity contribution in [2.45, 2.75) is 44.6 Å². The third kappa shape index (κ3) is 5.13. The second-order valence-electron chi connectivity index (χ2n) is 7.60. The summed E-state index contributed by atoms with van der Waals surface area (Å²) in [6.45, 7) is 4.69. The maximum Gasteiger partial charge on any atom is 0.340 e. The molecule has 0 bridgehead atoms. The molecule has 3 rings (SSSR count). The zero-order valence-electron chi connectivity index (χ0n) is 18.5. The summed E-state index contributed by atoms with van der Waals surface area (Å²) in [5, 5.41) is 0.394. The fraction of sp³-hybridized carbons (Fsp3) is 0.409. The molecule has 9 nitrogen and oxygen atoms in total. The Morgan fingerprint density at radius 2 is 1.82 bits per heavy atom. The van der Waals surface area contributed by atoms with Gasteiger partial charge in [-0.05, 0) is 63.4 Å². The van der Waals surface area contributed by atoms with E-state index in [1.165, 1.54) is 24.3 Å². The van der Waals surface area contributed by atoms with E-state index in [1.54, 1.807) is 20.8 Å². The molecule has 1 N–H and O–H groups in total.